The van der Waals surface area contributed by atoms with Crippen LogP contribution in [0.5, 0.6) is 0 Å². The fourth-order valence-corrected chi connectivity index (χ4v) is 1.67. The van der Waals surface area contributed by atoms with E-state index in [1.165, 1.54) is 0 Å². The van der Waals surface area contributed by atoms with Crippen LogP contribution in [-0.2, 0) is 9.53 Å². The lowest BCUT2D eigenvalue weighted by molar-refractivity contribution is -0.134. The van der Waals surface area contributed by atoms with Gasteiger partial charge in [0.05, 0.1) is 12.2 Å². The van der Waals surface area contributed by atoms with Crippen molar-refractivity contribution >= 4 is 5.91 Å². The van der Waals surface area contributed by atoms with Crippen molar-refractivity contribution in [3.05, 3.63) is 0 Å². The molecule has 0 aromatic rings. The van der Waals surface area contributed by atoms with E-state index < -0.39 is 0 Å². The summed E-state index contributed by atoms with van der Waals surface area (Å²) in [6, 6.07) is 1.83. The van der Waals surface area contributed by atoms with E-state index in [1.807, 2.05) is 13.8 Å². The van der Waals surface area contributed by atoms with Crippen LogP contribution in [0.3, 0.4) is 0 Å². The Hall–Kier alpha value is -1.08. The SMILES string of the molecule is CO[C@@H]1C[C@@H](C#N)N(C(=O)C(C)C)C1. The Morgan fingerprint density at radius 1 is 1.64 bits per heavy atom. The van der Waals surface area contributed by atoms with E-state index in [4.69, 9.17) is 10.00 Å². The highest BCUT2D eigenvalue weighted by atomic mass is 16.5. The molecule has 14 heavy (non-hydrogen) atoms. The average Bonchev–Trinajstić information content (AvgIpc) is 2.59. The van der Waals surface area contributed by atoms with Crippen LogP contribution in [0.4, 0.5) is 0 Å². The highest BCUT2D eigenvalue weighted by Gasteiger charge is 2.35. The molecule has 0 spiro atoms. The van der Waals surface area contributed by atoms with Crippen molar-refractivity contribution in [3.8, 4) is 6.07 Å². The zero-order chi connectivity index (χ0) is 10.7. The number of hydrogen-bond donors (Lipinski definition) is 0. The second-order valence-corrected chi connectivity index (χ2v) is 3.88. The summed E-state index contributed by atoms with van der Waals surface area (Å²) in [4.78, 5) is 13.3. The number of rotatable bonds is 2. The summed E-state index contributed by atoms with van der Waals surface area (Å²) < 4.78 is 5.16. The van der Waals surface area contributed by atoms with Gasteiger partial charge in [0.15, 0.2) is 0 Å². The van der Waals surface area contributed by atoms with Gasteiger partial charge in [0.2, 0.25) is 5.91 Å². The average molecular weight is 196 g/mol. The molecule has 4 heteroatoms. The predicted octanol–water partition coefficient (Wildman–Crippen LogP) is 0.782. The minimum Gasteiger partial charge on any atom is -0.379 e. The van der Waals surface area contributed by atoms with E-state index >= 15 is 0 Å². The number of nitrogens with zero attached hydrogens (tertiary/aromatic N) is 2. The molecule has 0 aliphatic carbocycles. The Labute approximate surface area is 84.4 Å². The number of ether oxygens (including phenoxy) is 1. The van der Waals surface area contributed by atoms with Crippen LogP contribution in [0.2, 0.25) is 0 Å². The van der Waals surface area contributed by atoms with Crippen molar-refractivity contribution in [3.63, 3.8) is 0 Å². The molecule has 1 aliphatic rings. The summed E-state index contributed by atoms with van der Waals surface area (Å²) in [5, 5.41) is 8.88. The van der Waals surface area contributed by atoms with Gasteiger partial charge in [0, 0.05) is 26.0 Å². The Morgan fingerprint density at radius 3 is 2.71 bits per heavy atom. The van der Waals surface area contributed by atoms with Crippen molar-refractivity contribution in [1.29, 1.82) is 5.26 Å². The van der Waals surface area contributed by atoms with E-state index in [-0.39, 0.29) is 24.0 Å². The lowest BCUT2D eigenvalue weighted by Crippen LogP contribution is -2.38. The molecule has 1 fully saturated rings. The molecule has 1 saturated heterocycles. The monoisotopic (exact) mass is 196 g/mol. The molecule has 0 aromatic heterocycles. The Balaban J connectivity index is 2.69. The standard InChI is InChI=1S/C10H16N2O2/c1-7(2)10(13)12-6-9(14-3)4-8(12)5-11/h7-9H,4,6H2,1-3H3/t8-,9+/m0/s1. The predicted molar refractivity (Wildman–Crippen MR) is 51.4 cm³/mol. The molecule has 0 N–H and O–H groups in total. The van der Waals surface area contributed by atoms with Crippen molar-refractivity contribution in [1.82, 2.24) is 4.90 Å². The molecule has 0 aromatic carbocycles. The normalized spacial score (nSPS) is 26.6. The quantitative estimate of drug-likeness (QED) is 0.656. The maximum atomic E-state index is 11.7. The van der Waals surface area contributed by atoms with E-state index in [0.717, 1.165) is 0 Å². The minimum atomic E-state index is -0.310. The maximum absolute atomic E-state index is 11.7. The third-order valence-corrected chi connectivity index (χ3v) is 2.52. The largest absolute Gasteiger partial charge is 0.379 e. The van der Waals surface area contributed by atoms with Gasteiger partial charge in [0.1, 0.15) is 6.04 Å². The number of carbonyl (C=O) groups is 1. The van der Waals surface area contributed by atoms with Crippen LogP contribution in [0.15, 0.2) is 0 Å². The van der Waals surface area contributed by atoms with Gasteiger partial charge >= 0.3 is 0 Å². The highest BCUT2D eigenvalue weighted by Crippen LogP contribution is 2.21. The second kappa shape index (κ2) is 4.43. The number of carbonyl (C=O) groups excluding carboxylic acids is 1. The Bertz CT molecular complexity index is 257. The van der Waals surface area contributed by atoms with Crippen LogP contribution in [0.25, 0.3) is 0 Å². The molecule has 0 unspecified atom stereocenters. The van der Waals surface area contributed by atoms with E-state index in [1.54, 1.807) is 12.0 Å². The smallest absolute Gasteiger partial charge is 0.226 e. The van der Waals surface area contributed by atoms with Gasteiger partial charge in [-0.15, -0.1) is 0 Å². The molecular weight excluding hydrogens is 180 g/mol. The van der Waals surface area contributed by atoms with Gasteiger partial charge in [-0.1, -0.05) is 13.8 Å². The van der Waals surface area contributed by atoms with Gasteiger partial charge in [-0.3, -0.25) is 4.79 Å². The van der Waals surface area contributed by atoms with Gasteiger partial charge < -0.3 is 9.64 Å². The summed E-state index contributed by atoms with van der Waals surface area (Å²) in [6.45, 7) is 4.24. The molecule has 0 bridgehead atoms. The van der Waals surface area contributed by atoms with Crippen LogP contribution in [-0.4, -0.2) is 36.6 Å². The molecule has 1 amide bonds. The van der Waals surface area contributed by atoms with Crippen LogP contribution >= 0.6 is 0 Å². The molecule has 0 radical (unpaired) electrons. The van der Waals surface area contributed by atoms with Crippen molar-refractivity contribution < 1.29 is 9.53 Å². The lowest BCUT2D eigenvalue weighted by Gasteiger charge is -2.21. The highest BCUT2D eigenvalue weighted by molar-refractivity contribution is 5.79. The van der Waals surface area contributed by atoms with Gasteiger partial charge in [-0.05, 0) is 0 Å². The molecule has 1 aliphatic heterocycles. The van der Waals surface area contributed by atoms with E-state index in [0.29, 0.717) is 13.0 Å². The van der Waals surface area contributed by atoms with Crippen molar-refractivity contribution in [2.45, 2.75) is 32.4 Å². The lowest BCUT2D eigenvalue weighted by atomic mass is 10.1. The van der Waals surface area contributed by atoms with E-state index in [9.17, 15) is 4.79 Å². The topological polar surface area (TPSA) is 53.3 Å². The molecule has 2 atom stereocenters. The molecule has 78 valence electrons. The molecular formula is C10H16N2O2. The molecule has 1 rings (SSSR count). The third-order valence-electron chi connectivity index (χ3n) is 2.52. The van der Waals surface area contributed by atoms with Gasteiger partial charge in [0.25, 0.3) is 0 Å². The van der Waals surface area contributed by atoms with Crippen LogP contribution in [0.1, 0.15) is 20.3 Å². The number of hydrogen-bond acceptors (Lipinski definition) is 3. The number of nitriles is 1. The number of likely N-dealkylation sites (tertiary alicyclic amines) is 1. The Kier molecular flexibility index (Phi) is 3.48. The first-order chi connectivity index (χ1) is 6.60. The van der Waals surface area contributed by atoms with Crippen LogP contribution in [0, 0.1) is 17.2 Å². The fraction of sp³-hybridized carbons (Fsp3) is 0.800. The second-order valence-electron chi connectivity index (χ2n) is 3.88. The number of amides is 1. The summed E-state index contributed by atoms with van der Waals surface area (Å²) in [6.07, 6.45) is 0.646. The number of methoxy groups -OCH3 is 1. The Morgan fingerprint density at radius 2 is 2.29 bits per heavy atom. The van der Waals surface area contributed by atoms with Crippen molar-refractivity contribution in [2.75, 3.05) is 13.7 Å². The maximum Gasteiger partial charge on any atom is 0.226 e. The first kappa shape index (κ1) is 11.0. The van der Waals surface area contributed by atoms with Gasteiger partial charge in [-0.2, -0.15) is 5.26 Å². The van der Waals surface area contributed by atoms with E-state index in [2.05, 4.69) is 6.07 Å². The molecule has 4 nitrogen and oxygen atoms in total. The summed E-state index contributed by atoms with van der Waals surface area (Å²) >= 11 is 0. The summed E-state index contributed by atoms with van der Waals surface area (Å²) in [5.74, 6) is -0.0162. The van der Waals surface area contributed by atoms with Gasteiger partial charge in [-0.25, -0.2) is 0 Å². The fourth-order valence-electron chi connectivity index (χ4n) is 1.67. The third kappa shape index (κ3) is 2.05. The zero-order valence-corrected chi connectivity index (χ0v) is 8.86. The first-order valence-corrected chi connectivity index (χ1v) is 4.83. The zero-order valence-electron chi connectivity index (χ0n) is 8.86. The summed E-state index contributed by atoms with van der Waals surface area (Å²) in [7, 11) is 1.61. The van der Waals surface area contributed by atoms with Crippen molar-refractivity contribution in [2.24, 2.45) is 5.92 Å². The first-order valence-electron chi connectivity index (χ1n) is 4.83. The summed E-state index contributed by atoms with van der Waals surface area (Å²) in [5.41, 5.74) is 0. The molecule has 0 saturated carbocycles. The van der Waals surface area contributed by atoms with Crippen LogP contribution < -0.4 is 0 Å². The minimum absolute atomic E-state index is 0.0161. The molecule has 1 heterocycles.